The van der Waals surface area contributed by atoms with Crippen molar-refractivity contribution in [3.05, 3.63) is 59.2 Å². The summed E-state index contributed by atoms with van der Waals surface area (Å²) in [6, 6.07) is 7.45. The lowest BCUT2D eigenvalue weighted by atomic mass is 9.98. The fourth-order valence-corrected chi connectivity index (χ4v) is 1.79. The molecule has 0 aromatic heterocycles. The molecule has 0 aliphatic rings. The zero-order chi connectivity index (χ0) is 14.9. The van der Waals surface area contributed by atoms with Crippen LogP contribution in [0.4, 0.5) is 22.0 Å². The van der Waals surface area contributed by atoms with E-state index in [-0.39, 0.29) is 16.7 Å². The van der Waals surface area contributed by atoms with Gasteiger partial charge in [0.25, 0.3) is 0 Å². The van der Waals surface area contributed by atoms with Crippen molar-refractivity contribution >= 4 is 0 Å². The summed E-state index contributed by atoms with van der Waals surface area (Å²) in [4.78, 5) is 0. The summed E-state index contributed by atoms with van der Waals surface area (Å²) in [6.07, 6.45) is -4.86. The number of hydrogen-bond acceptors (Lipinski definition) is 1. The van der Waals surface area contributed by atoms with Crippen molar-refractivity contribution in [2.75, 3.05) is 0 Å². The minimum Gasteiger partial charge on any atom is -0.206 e. The standard InChI is InChI=1S/C14H6F5N/c15-12-3-1-2-9(10(12)7-20)8-4-5-13(16)11(6-8)14(17,18)19/h1-6H. The quantitative estimate of drug-likeness (QED) is 0.706. The molecule has 1 nitrogen and oxygen atoms in total. The van der Waals surface area contributed by atoms with E-state index in [9.17, 15) is 22.0 Å². The molecule has 0 bridgehead atoms. The Morgan fingerprint density at radius 2 is 1.65 bits per heavy atom. The predicted octanol–water partition coefficient (Wildman–Crippen LogP) is 4.52. The summed E-state index contributed by atoms with van der Waals surface area (Å²) >= 11 is 0. The maximum Gasteiger partial charge on any atom is 0.419 e. The summed E-state index contributed by atoms with van der Waals surface area (Å²) in [6.45, 7) is 0. The molecule has 0 radical (unpaired) electrons. The zero-order valence-electron chi connectivity index (χ0n) is 9.80. The second-order valence-corrected chi connectivity index (χ2v) is 3.97. The highest BCUT2D eigenvalue weighted by Gasteiger charge is 2.34. The van der Waals surface area contributed by atoms with Crippen LogP contribution >= 0.6 is 0 Å². The lowest BCUT2D eigenvalue weighted by Gasteiger charge is -2.11. The number of hydrogen-bond donors (Lipinski definition) is 0. The van der Waals surface area contributed by atoms with E-state index in [0.717, 1.165) is 12.1 Å². The lowest BCUT2D eigenvalue weighted by molar-refractivity contribution is -0.139. The molecule has 0 aliphatic heterocycles. The molecule has 102 valence electrons. The van der Waals surface area contributed by atoms with Crippen molar-refractivity contribution in [1.29, 1.82) is 5.26 Å². The average molecular weight is 283 g/mol. The predicted molar refractivity (Wildman–Crippen MR) is 61.5 cm³/mol. The number of nitriles is 1. The van der Waals surface area contributed by atoms with Crippen LogP contribution in [0.25, 0.3) is 11.1 Å². The molecule has 0 N–H and O–H groups in total. The number of rotatable bonds is 1. The van der Waals surface area contributed by atoms with Crippen LogP contribution in [0, 0.1) is 23.0 Å². The van der Waals surface area contributed by atoms with Crippen LogP contribution in [0.5, 0.6) is 0 Å². The highest BCUT2D eigenvalue weighted by atomic mass is 19.4. The van der Waals surface area contributed by atoms with Gasteiger partial charge < -0.3 is 0 Å². The Kier molecular flexibility index (Phi) is 3.45. The smallest absolute Gasteiger partial charge is 0.206 e. The van der Waals surface area contributed by atoms with Gasteiger partial charge in [0.05, 0.1) is 11.1 Å². The van der Waals surface area contributed by atoms with E-state index in [4.69, 9.17) is 5.26 Å². The summed E-state index contributed by atoms with van der Waals surface area (Å²) in [5.74, 6) is -2.26. The maximum atomic E-state index is 13.4. The van der Waals surface area contributed by atoms with Crippen LogP contribution in [-0.2, 0) is 6.18 Å². The summed E-state index contributed by atoms with van der Waals surface area (Å²) in [5, 5.41) is 8.86. The first-order valence-corrected chi connectivity index (χ1v) is 5.40. The molecule has 0 amide bonds. The van der Waals surface area contributed by atoms with Crippen LogP contribution < -0.4 is 0 Å². The summed E-state index contributed by atoms with van der Waals surface area (Å²) in [7, 11) is 0. The van der Waals surface area contributed by atoms with Crippen molar-refractivity contribution < 1.29 is 22.0 Å². The van der Waals surface area contributed by atoms with Gasteiger partial charge in [0.1, 0.15) is 17.7 Å². The number of halogens is 5. The number of alkyl halides is 3. The molecule has 0 saturated carbocycles. The second kappa shape index (κ2) is 4.93. The first kappa shape index (κ1) is 14.0. The van der Waals surface area contributed by atoms with E-state index in [0.29, 0.717) is 12.1 Å². The molecule has 2 aromatic rings. The Hall–Kier alpha value is -2.42. The molecule has 0 aliphatic carbocycles. The molecule has 0 saturated heterocycles. The van der Waals surface area contributed by atoms with Crippen LogP contribution in [0.1, 0.15) is 11.1 Å². The first-order chi connectivity index (χ1) is 9.34. The van der Waals surface area contributed by atoms with Gasteiger partial charge in [0.15, 0.2) is 0 Å². The Morgan fingerprint density at radius 3 is 2.25 bits per heavy atom. The van der Waals surface area contributed by atoms with Crippen LogP contribution in [-0.4, -0.2) is 0 Å². The third-order valence-electron chi connectivity index (χ3n) is 2.71. The minimum absolute atomic E-state index is 0.0157. The summed E-state index contributed by atoms with van der Waals surface area (Å²) < 4.78 is 64.5. The van der Waals surface area contributed by atoms with Gasteiger partial charge in [-0.3, -0.25) is 0 Å². The lowest BCUT2D eigenvalue weighted by Crippen LogP contribution is -2.08. The fourth-order valence-electron chi connectivity index (χ4n) is 1.79. The van der Waals surface area contributed by atoms with E-state index >= 15 is 0 Å². The topological polar surface area (TPSA) is 23.8 Å². The highest BCUT2D eigenvalue weighted by molar-refractivity contribution is 5.71. The normalized spacial score (nSPS) is 11.2. The van der Waals surface area contributed by atoms with Crippen LogP contribution in [0.2, 0.25) is 0 Å². The highest BCUT2D eigenvalue weighted by Crippen LogP contribution is 2.35. The largest absolute Gasteiger partial charge is 0.419 e. The van der Waals surface area contributed by atoms with E-state index in [2.05, 4.69) is 0 Å². The molecular formula is C14H6F5N. The minimum atomic E-state index is -4.86. The monoisotopic (exact) mass is 283 g/mol. The Morgan fingerprint density at radius 1 is 0.950 bits per heavy atom. The van der Waals surface area contributed by atoms with Gasteiger partial charge in [-0.1, -0.05) is 18.2 Å². The average Bonchev–Trinajstić information content (AvgIpc) is 2.37. The van der Waals surface area contributed by atoms with Crippen molar-refractivity contribution in [3.8, 4) is 17.2 Å². The molecule has 6 heteroatoms. The summed E-state index contributed by atoms with van der Waals surface area (Å²) in [5.41, 5.74) is -1.93. The van der Waals surface area contributed by atoms with Crippen molar-refractivity contribution in [3.63, 3.8) is 0 Å². The number of nitrogens with zero attached hydrogens (tertiary/aromatic N) is 1. The Balaban J connectivity index is 2.67. The molecule has 0 fully saturated rings. The van der Waals surface area contributed by atoms with E-state index < -0.39 is 23.4 Å². The molecule has 2 aromatic carbocycles. The third kappa shape index (κ3) is 2.48. The molecule has 0 unspecified atom stereocenters. The molecular weight excluding hydrogens is 277 g/mol. The van der Waals surface area contributed by atoms with Crippen molar-refractivity contribution in [1.82, 2.24) is 0 Å². The third-order valence-corrected chi connectivity index (χ3v) is 2.71. The van der Waals surface area contributed by atoms with Gasteiger partial charge in [-0.2, -0.15) is 18.4 Å². The van der Waals surface area contributed by atoms with Gasteiger partial charge in [-0.15, -0.1) is 0 Å². The second-order valence-electron chi connectivity index (χ2n) is 3.97. The fraction of sp³-hybridized carbons (Fsp3) is 0.0714. The molecule has 2 rings (SSSR count). The van der Waals surface area contributed by atoms with Gasteiger partial charge in [-0.25, -0.2) is 8.78 Å². The number of benzene rings is 2. The van der Waals surface area contributed by atoms with Crippen LogP contribution in [0.3, 0.4) is 0 Å². The Labute approximate surface area is 110 Å². The van der Waals surface area contributed by atoms with Gasteiger partial charge in [-0.05, 0) is 23.8 Å². The van der Waals surface area contributed by atoms with Crippen LogP contribution in [0.15, 0.2) is 36.4 Å². The molecule has 0 heterocycles. The molecule has 0 spiro atoms. The van der Waals surface area contributed by atoms with Gasteiger partial charge >= 0.3 is 6.18 Å². The first-order valence-electron chi connectivity index (χ1n) is 5.40. The maximum absolute atomic E-state index is 13.4. The Bertz CT molecular complexity index is 698. The van der Waals surface area contributed by atoms with Crippen molar-refractivity contribution in [2.45, 2.75) is 6.18 Å². The van der Waals surface area contributed by atoms with E-state index in [1.54, 1.807) is 6.07 Å². The van der Waals surface area contributed by atoms with Crippen molar-refractivity contribution in [2.24, 2.45) is 0 Å². The SMILES string of the molecule is N#Cc1c(F)cccc1-c1ccc(F)c(C(F)(F)F)c1. The van der Waals surface area contributed by atoms with Gasteiger partial charge in [0.2, 0.25) is 0 Å². The van der Waals surface area contributed by atoms with E-state index in [1.807, 2.05) is 0 Å². The van der Waals surface area contributed by atoms with E-state index in [1.165, 1.54) is 12.1 Å². The molecule has 20 heavy (non-hydrogen) atoms. The molecule has 0 atom stereocenters. The zero-order valence-corrected chi connectivity index (χ0v) is 9.80. The van der Waals surface area contributed by atoms with Gasteiger partial charge in [0, 0.05) is 5.56 Å².